The minimum atomic E-state index is -1.53. The molecule has 0 aliphatic heterocycles. The molecule has 28 nitrogen and oxygen atoms in total. The summed E-state index contributed by atoms with van der Waals surface area (Å²) in [5, 5.41) is 35.6. The van der Waals surface area contributed by atoms with Crippen LogP contribution in [0.15, 0.2) is 95.3 Å². The van der Waals surface area contributed by atoms with Crippen LogP contribution in [0.1, 0.15) is 146 Å². The molecule has 29 heteroatoms. The number of aromatic amines is 1. The summed E-state index contributed by atoms with van der Waals surface area (Å²) < 4.78 is 0. The fourth-order valence-electron chi connectivity index (χ4n) is 11.3. The Morgan fingerprint density at radius 3 is 1.72 bits per heavy atom. The molecule has 0 radical (unpaired) electrons. The van der Waals surface area contributed by atoms with E-state index in [1.807, 2.05) is 0 Å². The third-order valence-electron chi connectivity index (χ3n) is 16.9. The van der Waals surface area contributed by atoms with Crippen LogP contribution in [-0.4, -0.2) is 158 Å². The Balaban J connectivity index is 1.64. The van der Waals surface area contributed by atoms with E-state index in [2.05, 4.69) is 59.2 Å². The number of hydrogen-bond acceptors (Lipinski definition) is 17. The normalized spacial score (nSPS) is 14.4. The maximum atomic E-state index is 15.1. The fraction of sp³-hybridized carbons (Fsp3) is 0.522. The summed E-state index contributed by atoms with van der Waals surface area (Å²) in [7, 11) is 0. The Bertz CT molecular complexity index is 3420. The van der Waals surface area contributed by atoms with Crippen molar-refractivity contribution < 1.29 is 67.7 Å². The molecule has 18 N–H and O–H groups in total. The summed E-state index contributed by atoms with van der Waals surface area (Å²) in [5.74, 6) is -15.4. The molecule has 0 aliphatic rings. The van der Waals surface area contributed by atoms with E-state index in [-0.39, 0.29) is 107 Å². The molecule has 2 heterocycles. The van der Waals surface area contributed by atoms with Crippen molar-refractivity contribution in [2.45, 2.75) is 168 Å². The molecule has 0 bridgehead atoms. The first-order valence-electron chi connectivity index (χ1n) is 32.9. The number of aliphatic carboxylic acids is 1. The van der Waals surface area contributed by atoms with Crippen LogP contribution in [0.25, 0.3) is 10.9 Å². The number of Topliss-reactive ketones (excluding diaryl/α,β-unsaturated/α-hetero) is 5. The molecule has 0 saturated carbocycles. The molecule has 0 unspecified atom stereocenters. The highest BCUT2D eigenvalue weighted by atomic mass is 32.1. The second-order valence-electron chi connectivity index (χ2n) is 25.9. The van der Waals surface area contributed by atoms with Crippen molar-refractivity contribution in [1.82, 2.24) is 36.6 Å². The molecule has 98 heavy (non-hydrogen) atoms. The van der Waals surface area contributed by atoms with Gasteiger partial charge in [0.25, 0.3) is 5.91 Å². The number of nitrogens with two attached hydrogens (primary N) is 5. The second kappa shape index (κ2) is 41.0. The highest BCUT2D eigenvalue weighted by Gasteiger charge is 2.39. The lowest BCUT2D eigenvalue weighted by Gasteiger charge is -2.29. The number of nitrogens with one attached hydrogen (secondary N) is 6. The van der Waals surface area contributed by atoms with Gasteiger partial charge in [0.15, 0.2) is 35.1 Å². The number of guanidine groups is 2. The Kier molecular flexibility index (Phi) is 33.9. The number of rotatable bonds is 46. The molecule has 10 atom stereocenters. The molecule has 4 aromatic rings. The van der Waals surface area contributed by atoms with Crippen LogP contribution < -0.4 is 55.3 Å². The number of carbonyl (C=O) groups is 12. The van der Waals surface area contributed by atoms with E-state index in [1.54, 1.807) is 93.7 Å². The molecule has 2 aromatic carbocycles. The number of carboxylic acids is 1. The van der Waals surface area contributed by atoms with Crippen LogP contribution in [0.4, 0.5) is 0 Å². The Morgan fingerprint density at radius 1 is 0.602 bits per heavy atom. The van der Waals surface area contributed by atoms with E-state index in [0.717, 1.165) is 0 Å². The van der Waals surface area contributed by atoms with Crippen LogP contribution in [-0.2, 0) is 65.6 Å². The van der Waals surface area contributed by atoms with Crippen LogP contribution in [0, 0.1) is 35.0 Å². The van der Waals surface area contributed by atoms with Crippen LogP contribution >= 0.6 is 12.6 Å². The molecule has 4 rings (SSSR count). The van der Waals surface area contributed by atoms with Gasteiger partial charge in [0.1, 0.15) is 5.78 Å². The van der Waals surface area contributed by atoms with Crippen molar-refractivity contribution in [2.75, 3.05) is 25.4 Å². The van der Waals surface area contributed by atoms with Crippen molar-refractivity contribution in [3.05, 3.63) is 102 Å². The SMILES string of the molecule is CC(=O)C[C@@H](CCCN=C(N)N)C(=O)N[C@@H](CCCN=C(N)N)C(=O)C[C@@H](Cc1ccccc1)C(=O)N[C@@H](Cc1c[nH]c2ccccc12)C(=O)C[C@@H](CCC(N)=O)C(=O)N[C@@H](CS)C(=O)C[C@H](C(=O)N[C@@H](CCCCNC(=O)c1cccnc1)C(=O)C[C@H](C(=O)O)C(C)(C)C)[C@@H](C)O. The standard InChI is InChI=1S/C69H98N14O14S/c1-40(84)30-43(18-14-28-77-67(71)72)62(92)80-53(23-15-29-78-68(73)74)56(86)34-46(31-42-16-7-6-8-17-42)64(94)82-54(32-47-38-79-51-21-10-9-20-48(47)51)57(87)33-44(24-25-60(70)90)63(93)83-55(39-98)58(88)35-49(41(2)85)65(95)81-52(59(89)36-50(66(96)97)69(3,4)5)22-11-12-27-76-61(91)45-19-13-26-75-37-45/h6-10,13,16-17,19-21,26,37-38,41,43-44,46,49-50,52-55,79,85,98H,11-12,14-15,18,22-25,27-36,39H2,1-5H3,(H2,70,90)(H,76,91)(H,80,92)(H,81,95)(H,82,94)(H,83,93)(H,96,97)(H4,71,72,77)(H4,73,74,78)/t41-,43-,44-,46-,49+,50-,52+,53+,54+,55+/m1/s1. The molecular weight excluding hydrogens is 1280 g/mol. The maximum Gasteiger partial charge on any atom is 0.307 e. The first kappa shape index (κ1) is 81.1. The number of carbonyl (C=O) groups excluding carboxylic acids is 11. The van der Waals surface area contributed by atoms with E-state index in [4.69, 9.17) is 28.7 Å². The number of H-pyrrole nitrogens is 1. The number of aliphatic hydroxyl groups is 1. The summed E-state index contributed by atoms with van der Waals surface area (Å²) in [6, 6.07) is 13.8. The molecule has 0 fully saturated rings. The van der Waals surface area contributed by atoms with Gasteiger partial charge >= 0.3 is 5.97 Å². The molecule has 0 saturated heterocycles. The Morgan fingerprint density at radius 2 is 1.14 bits per heavy atom. The summed E-state index contributed by atoms with van der Waals surface area (Å²) in [5.41, 5.74) is 29.1. The molecule has 534 valence electrons. The zero-order valence-corrected chi connectivity index (χ0v) is 57.4. The van der Waals surface area contributed by atoms with Gasteiger partial charge < -0.3 is 75.2 Å². The number of fused-ring (bicyclic) bond motifs is 1. The highest BCUT2D eigenvalue weighted by Crippen LogP contribution is 2.31. The zero-order chi connectivity index (χ0) is 72.6. The predicted octanol–water partition coefficient (Wildman–Crippen LogP) is 2.60. The van der Waals surface area contributed by atoms with Crippen LogP contribution in [0.3, 0.4) is 0 Å². The van der Waals surface area contributed by atoms with E-state index >= 15 is 9.59 Å². The van der Waals surface area contributed by atoms with Gasteiger partial charge in [-0.2, -0.15) is 12.6 Å². The number of thiol groups is 1. The number of aliphatic hydroxyl groups excluding tert-OH is 1. The predicted molar refractivity (Wildman–Crippen MR) is 372 cm³/mol. The monoisotopic (exact) mass is 1380 g/mol. The largest absolute Gasteiger partial charge is 0.481 e. The first-order chi connectivity index (χ1) is 46.4. The number of nitrogens with zero attached hydrogens (tertiary/aromatic N) is 3. The van der Waals surface area contributed by atoms with Gasteiger partial charge in [-0.3, -0.25) is 67.7 Å². The number of hydrogen-bond donors (Lipinski definition) is 14. The van der Waals surface area contributed by atoms with E-state index in [0.29, 0.717) is 40.4 Å². The number of aliphatic imine (C=N–C) groups is 2. The molecule has 0 aliphatic carbocycles. The minimum absolute atomic E-state index is 0.00688. The number of aromatic nitrogens is 2. The van der Waals surface area contributed by atoms with Crippen LogP contribution in [0.2, 0.25) is 0 Å². The van der Waals surface area contributed by atoms with E-state index < -0.39 is 156 Å². The Labute approximate surface area is 576 Å². The third kappa shape index (κ3) is 28.4. The smallest absolute Gasteiger partial charge is 0.307 e. The van der Waals surface area contributed by atoms with Crippen molar-refractivity contribution in [3.8, 4) is 0 Å². The average molecular weight is 1380 g/mol. The van der Waals surface area contributed by atoms with Gasteiger partial charge in [-0.25, -0.2) is 0 Å². The Hall–Kier alpha value is -9.38. The summed E-state index contributed by atoms with van der Waals surface area (Å²) >= 11 is 4.35. The van der Waals surface area contributed by atoms with Gasteiger partial charge in [-0.05, 0) is 106 Å². The number of pyridine rings is 1. The summed E-state index contributed by atoms with van der Waals surface area (Å²) in [4.78, 5) is 181. The van der Waals surface area contributed by atoms with Crippen molar-refractivity contribution >= 4 is 106 Å². The van der Waals surface area contributed by atoms with Crippen molar-refractivity contribution in [3.63, 3.8) is 0 Å². The number of ketones is 5. The van der Waals surface area contributed by atoms with Gasteiger partial charge in [-0.15, -0.1) is 0 Å². The quantitative estimate of drug-likeness (QED) is 0.0131. The number of para-hydroxylation sites is 1. The lowest BCUT2D eigenvalue weighted by molar-refractivity contribution is -0.148. The number of primary amides is 1. The molecule has 2 aromatic heterocycles. The number of amides is 6. The highest BCUT2D eigenvalue weighted by molar-refractivity contribution is 7.80. The lowest BCUT2D eigenvalue weighted by atomic mass is 9.77. The lowest BCUT2D eigenvalue weighted by Crippen LogP contribution is -2.50. The topological polar surface area (TPSA) is 489 Å². The second-order valence-corrected chi connectivity index (χ2v) is 26.2. The van der Waals surface area contributed by atoms with E-state index in [1.165, 1.54) is 26.2 Å². The van der Waals surface area contributed by atoms with Gasteiger partial charge in [-0.1, -0.05) is 69.3 Å². The van der Waals surface area contributed by atoms with Gasteiger partial charge in [0, 0.05) is 118 Å². The maximum absolute atomic E-state index is 15.1. The summed E-state index contributed by atoms with van der Waals surface area (Å²) in [6.45, 7) is 7.99. The van der Waals surface area contributed by atoms with Gasteiger partial charge in [0.2, 0.25) is 29.5 Å². The zero-order valence-electron chi connectivity index (χ0n) is 56.5. The third-order valence-corrected chi connectivity index (χ3v) is 17.2. The van der Waals surface area contributed by atoms with Crippen molar-refractivity contribution in [2.24, 2.45) is 73.7 Å². The summed E-state index contributed by atoms with van der Waals surface area (Å²) in [6.07, 6.45) is 1.07. The van der Waals surface area contributed by atoms with E-state index in [9.17, 15) is 58.2 Å². The van der Waals surface area contributed by atoms with Gasteiger partial charge in [0.05, 0.1) is 47.7 Å². The fourth-order valence-corrected chi connectivity index (χ4v) is 11.6. The number of carboxylic acid groups (broad SMARTS) is 1. The molecular formula is C69H98N14O14S. The number of benzene rings is 2. The first-order valence-corrected chi connectivity index (χ1v) is 33.5. The number of unbranched alkanes of at least 4 members (excludes halogenated alkanes) is 1. The van der Waals surface area contributed by atoms with Crippen LogP contribution in [0.5, 0.6) is 0 Å². The molecule has 6 amide bonds. The minimum Gasteiger partial charge on any atom is -0.481 e. The average Bonchev–Trinajstić information content (AvgIpc) is 1.54. The molecule has 0 spiro atoms. The van der Waals surface area contributed by atoms with Crippen molar-refractivity contribution in [1.29, 1.82) is 0 Å².